The van der Waals surface area contributed by atoms with Gasteiger partial charge in [0.1, 0.15) is 11.8 Å². The van der Waals surface area contributed by atoms with Crippen LogP contribution in [0.2, 0.25) is 0 Å². The van der Waals surface area contributed by atoms with Crippen LogP contribution in [0.5, 0.6) is 5.75 Å². The van der Waals surface area contributed by atoms with Crippen molar-refractivity contribution >= 4 is 28.1 Å². The first-order valence-electron chi connectivity index (χ1n) is 8.81. The smallest absolute Gasteiger partial charge is 0.262 e. The number of methoxy groups -OCH3 is 1. The van der Waals surface area contributed by atoms with E-state index in [0.29, 0.717) is 0 Å². The van der Waals surface area contributed by atoms with Crippen molar-refractivity contribution in [2.75, 3.05) is 12.4 Å². The Hall–Kier alpha value is -3.34. The molecular weight excluding hydrogens is 338 g/mol. The Kier molecular flexibility index (Phi) is 5.71. The Morgan fingerprint density at radius 3 is 2.41 bits per heavy atom. The maximum Gasteiger partial charge on any atom is 0.262 e. The summed E-state index contributed by atoms with van der Waals surface area (Å²) in [6.45, 7) is 3.66. The highest BCUT2D eigenvalue weighted by atomic mass is 16.5. The van der Waals surface area contributed by atoms with Crippen LogP contribution in [0.1, 0.15) is 19.4 Å². The topological polar surface area (TPSA) is 62.7 Å². The van der Waals surface area contributed by atoms with E-state index in [9.17, 15) is 4.79 Å². The van der Waals surface area contributed by atoms with Crippen molar-refractivity contribution in [3.05, 3.63) is 72.3 Å². The second kappa shape index (κ2) is 8.36. The first-order valence-corrected chi connectivity index (χ1v) is 8.81. The van der Waals surface area contributed by atoms with E-state index in [2.05, 4.69) is 21.9 Å². The van der Waals surface area contributed by atoms with E-state index in [1.165, 1.54) is 5.39 Å². The number of rotatable bonds is 6. The summed E-state index contributed by atoms with van der Waals surface area (Å²) in [5.41, 5.74) is 5.17. The van der Waals surface area contributed by atoms with Crippen LogP contribution in [0, 0.1) is 0 Å². The number of hydrazone groups is 1. The van der Waals surface area contributed by atoms with E-state index >= 15 is 0 Å². The van der Waals surface area contributed by atoms with Gasteiger partial charge in [0.15, 0.2) is 0 Å². The molecule has 0 bridgehead atoms. The molecule has 27 heavy (non-hydrogen) atoms. The molecule has 3 aromatic carbocycles. The second-order valence-corrected chi connectivity index (χ2v) is 6.33. The van der Waals surface area contributed by atoms with Crippen LogP contribution in [0.25, 0.3) is 10.8 Å². The van der Waals surface area contributed by atoms with Gasteiger partial charge in [0.05, 0.1) is 12.8 Å². The zero-order valence-electron chi connectivity index (χ0n) is 15.7. The molecule has 0 radical (unpaired) electrons. The molecule has 0 fully saturated rings. The maximum absolute atomic E-state index is 12.3. The summed E-state index contributed by atoms with van der Waals surface area (Å²) in [7, 11) is 1.63. The number of nitrogens with one attached hydrogen (secondary N) is 2. The fourth-order valence-corrected chi connectivity index (χ4v) is 2.73. The summed E-state index contributed by atoms with van der Waals surface area (Å²) in [4.78, 5) is 12.3. The predicted octanol–water partition coefficient (Wildman–Crippen LogP) is 4.19. The zero-order chi connectivity index (χ0) is 19.2. The number of carbonyl (C=O) groups is 1. The lowest BCUT2D eigenvalue weighted by atomic mass is 10.1. The van der Waals surface area contributed by atoms with Crippen molar-refractivity contribution in [3.8, 4) is 5.75 Å². The van der Waals surface area contributed by atoms with Crippen LogP contribution in [-0.2, 0) is 4.79 Å². The first-order chi connectivity index (χ1) is 13.1. The van der Waals surface area contributed by atoms with Crippen LogP contribution in [0.15, 0.2) is 71.8 Å². The molecular formula is C22H23N3O2. The largest absolute Gasteiger partial charge is 0.497 e. The highest BCUT2D eigenvalue weighted by Gasteiger charge is 2.12. The molecule has 5 heteroatoms. The minimum absolute atomic E-state index is 0.198. The summed E-state index contributed by atoms with van der Waals surface area (Å²) in [6.07, 6.45) is 0. The van der Waals surface area contributed by atoms with Crippen molar-refractivity contribution < 1.29 is 9.53 Å². The molecule has 1 atom stereocenters. The number of fused-ring (bicyclic) bond motifs is 1. The first kappa shape index (κ1) is 18.5. The number of hydrogen-bond donors (Lipinski definition) is 2. The van der Waals surface area contributed by atoms with E-state index < -0.39 is 6.04 Å². The van der Waals surface area contributed by atoms with Crippen LogP contribution < -0.4 is 15.5 Å². The molecule has 0 aliphatic heterocycles. The third kappa shape index (κ3) is 4.64. The average Bonchev–Trinajstić information content (AvgIpc) is 2.71. The fourth-order valence-electron chi connectivity index (χ4n) is 2.73. The van der Waals surface area contributed by atoms with Gasteiger partial charge in [-0.2, -0.15) is 5.10 Å². The van der Waals surface area contributed by atoms with Crippen LogP contribution in [-0.4, -0.2) is 24.8 Å². The predicted molar refractivity (Wildman–Crippen MR) is 110 cm³/mol. The number of benzene rings is 3. The SMILES string of the molecule is COc1ccc(/C(C)=N/NC(=O)C(C)Nc2ccc3ccccc3c2)cc1. The van der Waals surface area contributed by atoms with Gasteiger partial charge in [0, 0.05) is 5.69 Å². The number of carbonyl (C=O) groups excluding carboxylic acids is 1. The Balaban J connectivity index is 1.62. The van der Waals surface area contributed by atoms with E-state index in [-0.39, 0.29) is 5.91 Å². The van der Waals surface area contributed by atoms with Crippen LogP contribution >= 0.6 is 0 Å². The molecule has 138 valence electrons. The molecule has 0 aliphatic carbocycles. The number of ether oxygens (including phenoxy) is 1. The van der Waals surface area contributed by atoms with E-state index in [1.807, 2.05) is 74.5 Å². The van der Waals surface area contributed by atoms with Gasteiger partial charge < -0.3 is 10.1 Å². The standard InChI is InChI=1S/C22H23N3O2/c1-15(17-9-12-21(27-3)13-10-17)24-25-22(26)16(2)23-20-11-8-18-6-4-5-7-19(18)14-20/h4-14,16,23H,1-3H3,(H,25,26)/b24-15+. The van der Waals surface area contributed by atoms with Crippen molar-refractivity contribution in [1.29, 1.82) is 0 Å². The Morgan fingerprint density at radius 1 is 1.00 bits per heavy atom. The molecule has 0 heterocycles. The molecule has 5 nitrogen and oxygen atoms in total. The molecule has 3 aromatic rings. The van der Waals surface area contributed by atoms with Crippen molar-refractivity contribution in [3.63, 3.8) is 0 Å². The molecule has 3 rings (SSSR count). The molecule has 2 N–H and O–H groups in total. The van der Waals surface area contributed by atoms with E-state index in [0.717, 1.165) is 28.1 Å². The van der Waals surface area contributed by atoms with Gasteiger partial charge in [-0.25, -0.2) is 5.43 Å². The van der Waals surface area contributed by atoms with Gasteiger partial charge in [0.25, 0.3) is 5.91 Å². The third-order valence-corrected chi connectivity index (χ3v) is 4.37. The van der Waals surface area contributed by atoms with E-state index in [1.54, 1.807) is 7.11 Å². The van der Waals surface area contributed by atoms with Crippen molar-refractivity contribution in [2.24, 2.45) is 5.10 Å². The lowest BCUT2D eigenvalue weighted by molar-refractivity contribution is -0.121. The molecule has 0 spiro atoms. The highest BCUT2D eigenvalue weighted by Crippen LogP contribution is 2.19. The van der Waals surface area contributed by atoms with Gasteiger partial charge in [-0.15, -0.1) is 0 Å². The second-order valence-electron chi connectivity index (χ2n) is 6.33. The van der Waals surface area contributed by atoms with Crippen molar-refractivity contribution in [2.45, 2.75) is 19.9 Å². The Labute approximate surface area is 159 Å². The number of amides is 1. The summed E-state index contributed by atoms with van der Waals surface area (Å²) in [5, 5.41) is 9.71. The Morgan fingerprint density at radius 2 is 1.70 bits per heavy atom. The van der Waals surface area contributed by atoms with Crippen molar-refractivity contribution in [1.82, 2.24) is 5.43 Å². The minimum Gasteiger partial charge on any atom is -0.497 e. The molecule has 0 saturated heterocycles. The normalized spacial score (nSPS) is 12.5. The minimum atomic E-state index is -0.418. The van der Waals surface area contributed by atoms with Gasteiger partial charge in [-0.3, -0.25) is 4.79 Å². The van der Waals surface area contributed by atoms with Crippen LogP contribution in [0.4, 0.5) is 5.69 Å². The summed E-state index contributed by atoms with van der Waals surface area (Å²) >= 11 is 0. The molecule has 1 unspecified atom stereocenters. The summed E-state index contributed by atoms with van der Waals surface area (Å²) in [5.74, 6) is 0.583. The molecule has 0 aromatic heterocycles. The molecule has 1 amide bonds. The average molecular weight is 361 g/mol. The third-order valence-electron chi connectivity index (χ3n) is 4.37. The number of nitrogens with zero attached hydrogens (tertiary/aromatic N) is 1. The summed E-state index contributed by atoms with van der Waals surface area (Å²) < 4.78 is 5.14. The summed E-state index contributed by atoms with van der Waals surface area (Å²) in [6, 6.07) is 21.3. The molecule has 0 aliphatic rings. The van der Waals surface area contributed by atoms with Gasteiger partial charge in [-0.05, 0) is 66.6 Å². The fraction of sp³-hybridized carbons (Fsp3) is 0.182. The highest BCUT2D eigenvalue weighted by molar-refractivity contribution is 5.99. The van der Waals surface area contributed by atoms with Gasteiger partial charge in [0.2, 0.25) is 0 Å². The lowest BCUT2D eigenvalue weighted by Gasteiger charge is -2.14. The number of anilines is 1. The van der Waals surface area contributed by atoms with Gasteiger partial charge >= 0.3 is 0 Å². The van der Waals surface area contributed by atoms with Gasteiger partial charge in [-0.1, -0.05) is 30.3 Å². The Bertz CT molecular complexity index is 965. The lowest BCUT2D eigenvalue weighted by Crippen LogP contribution is -2.35. The zero-order valence-corrected chi connectivity index (χ0v) is 15.7. The quantitative estimate of drug-likeness (QED) is 0.511. The molecule has 0 saturated carbocycles. The van der Waals surface area contributed by atoms with E-state index in [4.69, 9.17) is 4.74 Å². The van der Waals surface area contributed by atoms with Crippen LogP contribution in [0.3, 0.4) is 0 Å². The monoisotopic (exact) mass is 361 g/mol. The maximum atomic E-state index is 12.3. The number of hydrogen-bond acceptors (Lipinski definition) is 4.